The molecule has 0 spiro atoms. The van der Waals surface area contributed by atoms with Crippen LogP contribution in [0.5, 0.6) is 0 Å². The molecule has 12 nitrogen and oxygen atoms in total. The van der Waals surface area contributed by atoms with Crippen LogP contribution in [0, 0.1) is 0 Å². The highest BCUT2D eigenvalue weighted by Crippen LogP contribution is 2.10. The Balaban J connectivity index is -0.000000685. The van der Waals surface area contributed by atoms with E-state index in [4.69, 9.17) is 5.11 Å². The van der Waals surface area contributed by atoms with Crippen molar-refractivity contribution in [3.8, 4) is 0 Å². The molecule has 5 N–H and O–H groups in total. The van der Waals surface area contributed by atoms with Gasteiger partial charge in [-0.15, -0.1) is 0 Å². The highest BCUT2D eigenvalue weighted by atomic mass is 32.3. The first-order chi connectivity index (χ1) is 22.1. The number of unbranched alkanes of at least 4 members (excludes halogenated alkanes) is 11. The second-order valence-electron chi connectivity index (χ2n) is 12.4. The molecular formula is C34H72N2O10S. The molecule has 0 saturated heterocycles. The van der Waals surface area contributed by atoms with Crippen LogP contribution in [0.15, 0.2) is 12.2 Å². The Morgan fingerprint density at radius 3 is 1.21 bits per heavy atom. The van der Waals surface area contributed by atoms with Gasteiger partial charge in [-0.1, -0.05) is 70.4 Å². The summed E-state index contributed by atoms with van der Waals surface area (Å²) >= 11 is 0. The zero-order valence-electron chi connectivity index (χ0n) is 30.7. The van der Waals surface area contributed by atoms with Crippen LogP contribution < -0.4 is 0 Å². The maximum absolute atomic E-state index is 10.3. The van der Waals surface area contributed by atoms with Crippen LogP contribution in [0.1, 0.15) is 125 Å². The minimum atomic E-state index is -3.66. The Hall–Kier alpha value is -1.16. The molecule has 13 heteroatoms. The smallest absolute Gasteiger partial charge is 0.399 e. The number of aliphatic hydroxyl groups is 4. The summed E-state index contributed by atoms with van der Waals surface area (Å²) in [5, 5.41) is 46.4. The predicted molar refractivity (Wildman–Crippen MR) is 190 cm³/mol. The van der Waals surface area contributed by atoms with E-state index in [2.05, 4.69) is 27.4 Å². The van der Waals surface area contributed by atoms with Crippen molar-refractivity contribution < 1.29 is 47.1 Å². The van der Waals surface area contributed by atoms with Crippen LogP contribution in [-0.4, -0.2) is 128 Å². The third-order valence-corrected chi connectivity index (χ3v) is 7.70. The fourth-order valence-electron chi connectivity index (χ4n) is 4.71. The molecule has 0 aromatic heterocycles. The van der Waals surface area contributed by atoms with E-state index in [9.17, 15) is 33.6 Å². The van der Waals surface area contributed by atoms with Gasteiger partial charge in [-0.2, -0.15) is 8.42 Å². The van der Waals surface area contributed by atoms with E-state index in [0.29, 0.717) is 45.7 Å². The first kappa shape index (κ1) is 50.2. The average molecular weight is 701 g/mol. The summed E-state index contributed by atoms with van der Waals surface area (Å²) < 4.78 is 27.5. The fourth-order valence-corrected chi connectivity index (χ4v) is 4.84. The average Bonchev–Trinajstić information content (AvgIpc) is 2.97. The van der Waals surface area contributed by atoms with Gasteiger partial charge in [0.2, 0.25) is 0 Å². The lowest BCUT2D eigenvalue weighted by Crippen LogP contribution is -2.44. The van der Waals surface area contributed by atoms with Crippen molar-refractivity contribution in [2.24, 2.45) is 0 Å². The summed E-state index contributed by atoms with van der Waals surface area (Å²) in [5.74, 6) is -0.664. The molecule has 47 heavy (non-hydrogen) atoms. The van der Waals surface area contributed by atoms with Gasteiger partial charge in [0.15, 0.2) is 0 Å². The SMILES string of the molecule is CC(O)CN(CCN(CC(C)O)CC(C)O)CC(C)O.CCCCCCCC/C=C\CCCCCCCC(=O)O.COS(=O)(=O)OC. The summed E-state index contributed by atoms with van der Waals surface area (Å²) in [4.78, 5) is 14.3. The summed E-state index contributed by atoms with van der Waals surface area (Å²) in [6, 6.07) is 0. The van der Waals surface area contributed by atoms with Crippen molar-refractivity contribution in [2.45, 2.75) is 149 Å². The monoisotopic (exact) mass is 700 g/mol. The zero-order valence-corrected chi connectivity index (χ0v) is 31.5. The van der Waals surface area contributed by atoms with Gasteiger partial charge in [-0.3, -0.25) is 23.0 Å². The van der Waals surface area contributed by atoms with Crippen molar-refractivity contribution in [1.82, 2.24) is 9.80 Å². The van der Waals surface area contributed by atoms with E-state index < -0.39 is 40.8 Å². The van der Waals surface area contributed by atoms with Gasteiger partial charge in [0, 0.05) is 45.7 Å². The molecule has 0 aromatic rings. The fraction of sp³-hybridized carbons (Fsp3) is 0.912. The normalized spacial score (nSPS) is 14.3. The summed E-state index contributed by atoms with van der Waals surface area (Å²) in [5.41, 5.74) is 0. The molecule has 0 aliphatic heterocycles. The number of aliphatic carboxylic acids is 1. The minimum Gasteiger partial charge on any atom is -0.481 e. The van der Waals surface area contributed by atoms with E-state index in [1.165, 1.54) is 70.6 Å². The zero-order chi connectivity index (χ0) is 36.5. The lowest BCUT2D eigenvalue weighted by atomic mass is 10.1. The number of rotatable bonds is 28. The number of carboxylic acid groups (broad SMARTS) is 1. The molecule has 4 atom stereocenters. The van der Waals surface area contributed by atoms with Crippen LogP contribution >= 0.6 is 0 Å². The van der Waals surface area contributed by atoms with Gasteiger partial charge in [-0.25, -0.2) is 0 Å². The van der Waals surface area contributed by atoms with Gasteiger partial charge in [0.1, 0.15) is 0 Å². The van der Waals surface area contributed by atoms with Gasteiger partial charge in [-0.05, 0) is 59.8 Å². The Kier molecular flexibility index (Phi) is 37.1. The Bertz CT molecular complexity index is 755. The van der Waals surface area contributed by atoms with Crippen molar-refractivity contribution in [3.63, 3.8) is 0 Å². The third-order valence-electron chi connectivity index (χ3n) is 6.88. The first-order valence-electron chi connectivity index (χ1n) is 17.5. The highest BCUT2D eigenvalue weighted by molar-refractivity contribution is 7.81. The number of allylic oxidation sites excluding steroid dienone is 2. The molecule has 0 fully saturated rings. The molecule has 0 aliphatic carbocycles. The largest absolute Gasteiger partial charge is 0.481 e. The third kappa shape index (κ3) is 44.8. The Morgan fingerprint density at radius 1 is 0.617 bits per heavy atom. The predicted octanol–water partition coefficient (Wildman–Crippen LogP) is 4.75. The van der Waals surface area contributed by atoms with Gasteiger partial charge in [0.25, 0.3) is 0 Å². The van der Waals surface area contributed by atoms with Crippen molar-refractivity contribution in [3.05, 3.63) is 12.2 Å². The van der Waals surface area contributed by atoms with Crippen LogP contribution in [0.4, 0.5) is 0 Å². The first-order valence-corrected chi connectivity index (χ1v) is 18.8. The molecule has 0 radical (unpaired) electrons. The molecule has 284 valence electrons. The molecule has 0 heterocycles. The van der Waals surface area contributed by atoms with Crippen molar-refractivity contribution in [1.29, 1.82) is 0 Å². The van der Waals surface area contributed by atoms with Crippen molar-refractivity contribution >= 4 is 16.4 Å². The molecule has 0 aliphatic rings. The van der Waals surface area contributed by atoms with E-state index in [1.54, 1.807) is 27.7 Å². The minimum absolute atomic E-state index is 0.332. The molecule has 0 bridgehead atoms. The summed E-state index contributed by atoms with van der Waals surface area (Å²) in [7, 11) is -1.60. The van der Waals surface area contributed by atoms with E-state index in [1.807, 2.05) is 9.80 Å². The number of nitrogens with zero attached hydrogens (tertiary/aromatic N) is 2. The molecular weight excluding hydrogens is 628 g/mol. The number of carboxylic acids is 1. The van der Waals surface area contributed by atoms with Crippen LogP contribution in [0.3, 0.4) is 0 Å². The number of aliphatic hydroxyl groups excluding tert-OH is 4. The second kappa shape index (κ2) is 34.7. The van der Waals surface area contributed by atoms with E-state index in [-0.39, 0.29) is 0 Å². The topological polar surface area (TPSA) is 177 Å². The number of carbonyl (C=O) groups is 1. The van der Waals surface area contributed by atoms with E-state index in [0.717, 1.165) is 27.1 Å². The van der Waals surface area contributed by atoms with Gasteiger partial charge in [0.05, 0.1) is 38.6 Å². The van der Waals surface area contributed by atoms with Gasteiger partial charge >= 0.3 is 16.4 Å². The lowest BCUT2D eigenvalue weighted by Gasteiger charge is -2.30. The quantitative estimate of drug-likeness (QED) is 0.0560. The molecule has 0 amide bonds. The molecule has 4 unspecified atom stereocenters. The highest BCUT2D eigenvalue weighted by Gasteiger charge is 2.15. The second-order valence-corrected chi connectivity index (χ2v) is 13.9. The van der Waals surface area contributed by atoms with Crippen LogP contribution in [-0.2, 0) is 23.6 Å². The lowest BCUT2D eigenvalue weighted by molar-refractivity contribution is -0.137. The summed E-state index contributed by atoms with van der Waals surface area (Å²) in [6.45, 7) is 12.5. The van der Waals surface area contributed by atoms with Crippen LogP contribution in [0.2, 0.25) is 0 Å². The van der Waals surface area contributed by atoms with Crippen LogP contribution in [0.25, 0.3) is 0 Å². The molecule has 0 rings (SSSR count). The standard InChI is InChI=1S/C18H34O2.C14H32N2O4.C2H6O4S/c1-2-3-4-5-6-7-8-9-10-11-12-13-14-15-16-17-18(19)20;1-11(17)7-15(8-12(2)18)5-6-16(9-13(3)19)10-14(4)20;1-5-7(3,4)6-2/h9-10H,2-8,11-17H2,1H3,(H,19,20);11-14,17-20H,5-10H2,1-4H3;1-2H3/b10-9-;;. The Morgan fingerprint density at radius 2 is 0.936 bits per heavy atom. The number of hydrogen-bond acceptors (Lipinski definition) is 11. The van der Waals surface area contributed by atoms with Crippen molar-refractivity contribution in [2.75, 3.05) is 53.5 Å². The Labute approximate surface area is 287 Å². The maximum atomic E-state index is 10.3. The number of hydrogen-bond donors (Lipinski definition) is 5. The van der Waals surface area contributed by atoms with Gasteiger partial charge < -0.3 is 25.5 Å². The molecule has 0 saturated carbocycles. The maximum Gasteiger partial charge on any atom is 0.399 e. The summed E-state index contributed by atoms with van der Waals surface area (Å²) in [6.07, 6.45) is 19.4. The molecule has 0 aromatic carbocycles. The van der Waals surface area contributed by atoms with E-state index >= 15 is 0 Å².